The minimum Gasteiger partial charge on any atom is -0.465 e. The summed E-state index contributed by atoms with van der Waals surface area (Å²) in [6.45, 7) is 3.77. The number of fused-ring (bicyclic) bond motifs is 1. The summed E-state index contributed by atoms with van der Waals surface area (Å²) in [5.74, 6) is -2.40. The van der Waals surface area contributed by atoms with E-state index in [2.05, 4.69) is 36.8 Å². The molecule has 0 saturated heterocycles. The van der Waals surface area contributed by atoms with Crippen LogP contribution in [0.1, 0.15) is 25.5 Å². The van der Waals surface area contributed by atoms with E-state index in [-0.39, 0.29) is 13.2 Å². The normalized spacial score (nSPS) is 11.0. The highest BCUT2D eigenvalue weighted by Crippen LogP contribution is 2.35. The number of H-pyrrole nitrogens is 1. The molecule has 0 unspecified atom stereocenters. The van der Waals surface area contributed by atoms with Crippen LogP contribution in [-0.2, 0) is 19.1 Å². The maximum atomic E-state index is 12.2. The molecule has 118 valence electrons. The maximum Gasteiger partial charge on any atom is 0.326 e. The molecule has 5 nitrogen and oxygen atoms in total. The monoisotopic (exact) mass is 431 g/mol. The zero-order valence-electron chi connectivity index (χ0n) is 12.1. The number of benzene rings is 1. The molecular weight excluding hydrogens is 418 g/mol. The summed E-state index contributed by atoms with van der Waals surface area (Å²) in [5.41, 5.74) is 1.24. The second-order valence-corrected chi connectivity index (χ2v) is 6.19. The summed E-state index contributed by atoms with van der Waals surface area (Å²) in [7, 11) is 0. The van der Waals surface area contributed by atoms with Crippen LogP contribution >= 0.6 is 31.9 Å². The first-order valence-corrected chi connectivity index (χ1v) is 8.38. The molecule has 0 radical (unpaired) electrons. The summed E-state index contributed by atoms with van der Waals surface area (Å²) in [6.07, 6.45) is 0. The van der Waals surface area contributed by atoms with Crippen LogP contribution in [0.3, 0.4) is 0 Å². The largest absolute Gasteiger partial charge is 0.465 e. The third-order valence-corrected chi connectivity index (χ3v) is 4.40. The number of aromatic nitrogens is 1. The van der Waals surface area contributed by atoms with Crippen LogP contribution in [-0.4, -0.2) is 30.1 Å². The molecule has 0 atom stereocenters. The first-order valence-electron chi connectivity index (χ1n) is 6.79. The molecule has 0 spiro atoms. The number of nitrogens with one attached hydrogen (secondary N) is 1. The van der Waals surface area contributed by atoms with Crippen molar-refractivity contribution >= 4 is 54.7 Å². The Morgan fingerprint density at radius 3 is 2.27 bits per heavy atom. The van der Waals surface area contributed by atoms with E-state index in [0.29, 0.717) is 10.2 Å². The van der Waals surface area contributed by atoms with Crippen molar-refractivity contribution in [3.8, 4) is 0 Å². The Morgan fingerprint density at radius 2 is 1.73 bits per heavy atom. The van der Waals surface area contributed by atoms with E-state index in [1.807, 2.05) is 18.2 Å². The Hall–Kier alpha value is -1.34. The van der Waals surface area contributed by atoms with Gasteiger partial charge < -0.3 is 14.5 Å². The highest BCUT2D eigenvalue weighted by Gasteiger charge is 2.35. The summed E-state index contributed by atoms with van der Waals surface area (Å²) in [5, 5.41) is 0.864. The van der Waals surface area contributed by atoms with Gasteiger partial charge in [0, 0.05) is 19.8 Å². The summed E-state index contributed by atoms with van der Waals surface area (Å²) >= 11 is 6.86. The maximum absolute atomic E-state index is 12.2. The molecule has 0 aliphatic heterocycles. The van der Waals surface area contributed by atoms with Crippen LogP contribution in [0.4, 0.5) is 0 Å². The molecular formula is C15H15Br2NO4. The molecule has 1 heterocycles. The second kappa shape index (κ2) is 7.28. The Morgan fingerprint density at radius 1 is 1.14 bits per heavy atom. The Balaban J connectivity index is 2.53. The number of carbonyl (C=O) groups is 2. The molecule has 2 rings (SSSR count). The first-order chi connectivity index (χ1) is 10.5. The van der Waals surface area contributed by atoms with Gasteiger partial charge in [-0.25, -0.2) is 0 Å². The smallest absolute Gasteiger partial charge is 0.326 e. The minimum atomic E-state index is -1.14. The highest BCUT2D eigenvalue weighted by atomic mass is 79.9. The van der Waals surface area contributed by atoms with Gasteiger partial charge >= 0.3 is 11.9 Å². The van der Waals surface area contributed by atoms with Gasteiger partial charge in [0.1, 0.15) is 0 Å². The molecule has 0 fully saturated rings. The number of ether oxygens (including phenoxy) is 2. The molecule has 0 aliphatic carbocycles. The van der Waals surface area contributed by atoms with Gasteiger partial charge in [0.25, 0.3) is 0 Å². The third kappa shape index (κ3) is 3.35. The zero-order chi connectivity index (χ0) is 16.3. The van der Waals surface area contributed by atoms with Crippen molar-refractivity contribution < 1.29 is 19.1 Å². The van der Waals surface area contributed by atoms with Crippen molar-refractivity contribution in [3.05, 3.63) is 32.8 Å². The second-order valence-electron chi connectivity index (χ2n) is 4.48. The Labute approximate surface area is 144 Å². The fourth-order valence-corrected chi connectivity index (χ4v) is 3.15. The lowest BCUT2D eigenvalue weighted by Gasteiger charge is -2.13. The topological polar surface area (TPSA) is 68.4 Å². The van der Waals surface area contributed by atoms with E-state index in [1.54, 1.807) is 13.8 Å². The van der Waals surface area contributed by atoms with Gasteiger partial charge in [0.2, 0.25) is 0 Å². The number of hydrogen-bond acceptors (Lipinski definition) is 4. The fraction of sp³-hybridized carbons (Fsp3) is 0.333. The predicted molar refractivity (Wildman–Crippen MR) is 89.7 cm³/mol. The molecule has 0 amide bonds. The molecule has 0 saturated carbocycles. The van der Waals surface area contributed by atoms with E-state index in [0.717, 1.165) is 15.4 Å². The van der Waals surface area contributed by atoms with Crippen LogP contribution in [0.5, 0.6) is 0 Å². The first kappa shape index (κ1) is 17.0. The molecule has 1 N–H and O–H groups in total. The Bertz CT molecular complexity index is 693. The van der Waals surface area contributed by atoms with Gasteiger partial charge in [-0.3, -0.25) is 9.59 Å². The molecule has 22 heavy (non-hydrogen) atoms. The molecule has 1 aromatic carbocycles. The SMILES string of the molecule is CCOC(=O)C(C(=O)OCC)c1[nH]c2ccc(Br)cc2c1Br. The fourth-order valence-electron chi connectivity index (χ4n) is 2.13. The van der Waals surface area contributed by atoms with Crippen LogP contribution in [0, 0.1) is 0 Å². The van der Waals surface area contributed by atoms with Gasteiger partial charge in [-0.05, 0) is 48.0 Å². The predicted octanol–water partition coefficient (Wildman–Crippen LogP) is 3.90. The summed E-state index contributed by atoms with van der Waals surface area (Å²) in [4.78, 5) is 27.5. The average Bonchev–Trinajstić information content (AvgIpc) is 2.77. The van der Waals surface area contributed by atoms with Crippen molar-refractivity contribution in [2.75, 3.05) is 13.2 Å². The lowest BCUT2D eigenvalue weighted by atomic mass is 10.1. The summed E-state index contributed by atoms with van der Waals surface area (Å²) < 4.78 is 11.6. The number of hydrogen-bond donors (Lipinski definition) is 1. The van der Waals surface area contributed by atoms with Crippen LogP contribution < -0.4 is 0 Å². The highest BCUT2D eigenvalue weighted by molar-refractivity contribution is 9.11. The van der Waals surface area contributed by atoms with E-state index in [1.165, 1.54) is 0 Å². The van der Waals surface area contributed by atoms with Crippen LogP contribution in [0.25, 0.3) is 10.9 Å². The van der Waals surface area contributed by atoms with Gasteiger partial charge in [-0.15, -0.1) is 0 Å². The third-order valence-electron chi connectivity index (χ3n) is 3.06. The van der Waals surface area contributed by atoms with E-state index in [4.69, 9.17) is 9.47 Å². The zero-order valence-corrected chi connectivity index (χ0v) is 15.3. The van der Waals surface area contributed by atoms with Gasteiger partial charge in [0.05, 0.1) is 18.9 Å². The molecule has 1 aromatic heterocycles. The number of halogens is 2. The lowest BCUT2D eigenvalue weighted by Crippen LogP contribution is -2.26. The van der Waals surface area contributed by atoms with E-state index in [9.17, 15) is 9.59 Å². The minimum absolute atomic E-state index is 0.193. The molecule has 0 bridgehead atoms. The van der Waals surface area contributed by atoms with Crippen molar-refractivity contribution in [2.45, 2.75) is 19.8 Å². The number of carbonyl (C=O) groups excluding carboxylic acids is 2. The number of rotatable bonds is 5. The lowest BCUT2D eigenvalue weighted by molar-refractivity contribution is -0.157. The van der Waals surface area contributed by atoms with Gasteiger partial charge in [-0.2, -0.15) is 0 Å². The van der Waals surface area contributed by atoms with Crippen molar-refractivity contribution in [1.82, 2.24) is 4.98 Å². The van der Waals surface area contributed by atoms with E-state index >= 15 is 0 Å². The van der Waals surface area contributed by atoms with Crippen LogP contribution in [0.2, 0.25) is 0 Å². The van der Waals surface area contributed by atoms with Crippen molar-refractivity contribution in [3.63, 3.8) is 0 Å². The average molecular weight is 433 g/mol. The van der Waals surface area contributed by atoms with Gasteiger partial charge in [-0.1, -0.05) is 15.9 Å². The Kier molecular flexibility index (Phi) is 5.63. The molecule has 2 aromatic rings. The van der Waals surface area contributed by atoms with E-state index < -0.39 is 17.9 Å². The van der Waals surface area contributed by atoms with Gasteiger partial charge in [0.15, 0.2) is 5.92 Å². The quantitative estimate of drug-likeness (QED) is 0.574. The molecule has 7 heteroatoms. The van der Waals surface area contributed by atoms with Crippen molar-refractivity contribution in [2.24, 2.45) is 0 Å². The summed E-state index contributed by atoms with van der Waals surface area (Å²) in [6, 6.07) is 5.63. The standard InChI is InChI=1S/C15H15Br2NO4/c1-3-21-14(19)11(15(20)22-4-2)13-12(17)9-7-8(16)5-6-10(9)18-13/h5-7,11,18H,3-4H2,1-2H3. The van der Waals surface area contributed by atoms with Crippen LogP contribution in [0.15, 0.2) is 27.1 Å². The number of esters is 2. The van der Waals surface area contributed by atoms with Crippen molar-refractivity contribution in [1.29, 1.82) is 0 Å². The number of aromatic amines is 1. The molecule has 0 aliphatic rings.